The third kappa shape index (κ3) is 10.3. The maximum absolute atomic E-state index is 7.50. The van der Waals surface area contributed by atoms with Crippen molar-refractivity contribution in [3.05, 3.63) is 65.7 Å². The molecule has 0 aliphatic rings. The summed E-state index contributed by atoms with van der Waals surface area (Å²) >= 11 is 1.93. The molecule has 216 valence electrons. The summed E-state index contributed by atoms with van der Waals surface area (Å²) in [5, 5.41) is 14.1. The van der Waals surface area contributed by atoms with E-state index in [-0.39, 0.29) is 0 Å². The molecule has 0 amide bonds. The number of hydrogen-bond donors (Lipinski definition) is 0. The molecule has 0 fully saturated rings. The first-order valence-corrected chi connectivity index (χ1v) is 15.1. The molecule has 0 unspecified atom stereocenters. The van der Waals surface area contributed by atoms with Gasteiger partial charge in [-0.2, -0.15) is 0 Å². The second kappa shape index (κ2) is 19.7. The fraction of sp³-hybridized carbons (Fsp3) is 0.519. The van der Waals surface area contributed by atoms with E-state index in [1.807, 2.05) is 39.9 Å². The molecule has 13 heteroatoms. The van der Waals surface area contributed by atoms with Gasteiger partial charge in [0.05, 0.1) is 17.1 Å². The molecular weight excluding hydrogens is 606 g/mol. The molecule has 0 saturated heterocycles. The van der Waals surface area contributed by atoms with Gasteiger partial charge in [0, 0.05) is 0 Å². The van der Waals surface area contributed by atoms with E-state index in [0.717, 1.165) is 60.3 Å². The van der Waals surface area contributed by atoms with Crippen molar-refractivity contribution < 1.29 is 28.5 Å². The minimum absolute atomic E-state index is 1.01. The fourth-order valence-corrected chi connectivity index (χ4v) is 6.19. The van der Waals surface area contributed by atoms with E-state index in [0.29, 0.717) is 0 Å². The predicted molar refractivity (Wildman–Crippen MR) is 158 cm³/mol. The van der Waals surface area contributed by atoms with Crippen LogP contribution in [0.5, 0.6) is 0 Å². The number of nitrogens with zero attached hydrogens (tertiary/aromatic N) is 8. The zero-order chi connectivity index (χ0) is 31.0. The van der Waals surface area contributed by atoms with Crippen molar-refractivity contribution in [3.8, 4) is 3.94 Å². The van der Waals surface area contributed by atoms with E-state index >= 15 is 0 Å². The van der Waals surface area contributed by atoms with Crippen LogP contribution in [0.3, 0.4) is 0 Å². The molecule has 0 atom stereocenters. The van der Waals surface area contributed by atoms with Gasteiger partial charge in [0.2, 0.25) is 0 Å². The second-order valence-corrected chi connectivity index (χ2v) is 11.2. The van der Waals surface area contributed by atoms with Crippen molar-refractivity contribution in [2.75, 3.05) is 26.2 Å². The maximum atomic E-state index is 7.50. The molecule has 40 heavy (non-hydrogen) atoms. The molecule has 0 saturated carbocycles. The Bertz CT molecular complexity index is 1170. The Kier molecular flexibility index (Phi) is 18.6. The van der Waals surface area contributed by atoms with Crippen LogP contribution in [0.4, 0.5) is 0 Å². The predicted octanol–water partition coefficient (Wildman–Crippen LogP) is 3.88. The number of hydrogen-bond acceptors (Lipinski definition) is 3. The summed E-state index contributed by atoms with van der Waals surface area (Å²) in [6.45, 7) is 34.4. The van der Waals surface area contributed by atoms with Crippen LogP contribution in [0, 0.1) is 58.8 Å². The zero-order valence-corrected chi connectivity index (χ0v) is 28.4. The van der Waals surface area contributed by atoms with Gasteiger partial charge in [0.15, 0.2) is 0 Å². The molecule has 3 rings (SSSR count). The third-order valence-corrected chi connectivity index (χ3v) is 7.88. The van der Waals surface area contributed by atoms with E-state index in [2.05, 4.69) is 107 Å². The molecule has 0 N–H and O–H groups in total. The first kappa shape index (κ1) is 37.7. The standard InChI is InChI=1S/C15H22BN6.C10H20N2P.2CO.Mo/c1-10-7-13(4)20(17-10)16(21-14(5)8-11(2)18-21)22-15(6)9-12(3)19-22;1-6-11(7-2)10(13-5)12(8-3)9-4;2*1-2;/h7-9,16H,1-6H3;6-9H2,1-4H3;;;/q-1;;;;+1. The van der Waals surface area contributed by atoms with E-state index in [1.54, 1.807) is 0 Å². The van der Waals surface area contributed by atoms with E-state index in [1.165, 1.54) is 13.7 Å². The van der Waals surface area contributed by atoms with E-state index in [4.69, 9.17) is 24.6 Å². The van der Waals surface area contributed by atoms with Gasteiger partial charge in [-0.1, -0.05) is 0 Å². The Hall–Kier alpha value is -2.27. The molecule has 0 spiro atoms. The number of aryl methyl sites for hydroxylation is 6. The van der Waals surface area contributed by atoms with Crippen LogP contribution < -0.4 is 0 Å². The molecule has 3 heterocycles. The topological polar surface area (TPSA) is 99.7 Å². The van der Waals surface area contributed by atoms with Gasteiger partial charge in [0.25, 0.3) is 0 Å². The van der Waals surface area contributed by atoms with Crippen molar-refractivity contribution in [2.24, 2.45) is 0 Å². The Balaban J connectivity index is 0.000000736. The second-order valence-electron chi connectivity index (χ2n) is 9.05. The average Bonchev–Trinajstić information content (AvgIpc) is 3.58. The Morgan fingerprint density at radius 2 is 1.00 bits per heavy atom. The number of rotatable bonds is 9. The molecule has 10 nitrogen and oxygen atoms in total. The van der Waals surface area contributed by atoms with Crippen molar-refractivity contribution in [1.29, 1.82) is 0 Å². The summed E-state index contributed by atoms with van der Waals surface area (Å²) in [5.74, 6) is 0. The van der Waals surface area contributed by atoms with Gasteiger partial charge >= 0.3 is 130 Å². The third-order valence-electron chi connectivity index (χ3n) is 6.35. The van der Waals surface area contributed by atoms with Crippen LogP contribution in [-0.2, 0) is 28.5 Å². The van der Waals surface area contributed by atoms with Crippen molar-refractivity contribution in [3.63, 3.8) is 0 Å². The van der Waals surface area contributed by atoms with Crippen molar-refractivity contribution in [2.45, 2.75) is 69.2 Å². The molecular formula is C27H42BMoN8O2P. The fourth-order valence-electron chi connectivity index (χ4n) is 4.66. The molecule has 0 aliphatic carbocycles. The number of aromatic nitrogens is 6. The SMILES string of the molecule is CCN(CC)C(=P[C]#[Mo+])N(CC)CC.Cc1cc(C)n([BH-](n2nc(C)cc2C)n2nc(C)cc2C)n1.[C-]#[O+].[C-]#[O+]. The van der Waals surface area contributed by atoms with Crippen LogP contribution >= 0.6 is 8.20 Å². The molecule has 3 aromatic heterocycles. The van der Waals surface area contributed by atoms with E-state index < -0.39 is 7.12 Å². The Morgan fingerprint density at radius 1 is 0.725 bits per heavy atom. The van der Waals surface area contributed by atoms with Crippen LogP contribution in [-0.4, -0.2) is 77.7 Å². The Morgan fingerprint density at radius 3 is 1.18 bits per heavy atom. The van der Waals surface area contributed by atoms with Crippen LogP contribution in [0.25, 0.3) is 0 Å². The summed E-state index contributed by atoms with van der Waals surface area (Å²) < 4.78 is 24.4. The molecule has 0 aromatic carbocycles. The van der Waals surface area contributed by atoms with Gasteiger partial charge in [-0.3, -0.25) is 0 Å². The molecule has 3 aromatic rings. The molecule has 0 radical (unpaired) electrons. The van der Waals surface area contributed by atoms with Gasteiger partial charge < -0.3 is 13.8 Å². The van der Waals surface area contributed by atoms with Crippen molar-refractivity contribution in [1.82, 2.24) is 38.9 Å². The summed E-state index contributed by atoms with van der Waals surface area (Å²) in [7, 11) is -0.0435. The van der Waals surface area contributed by atoms with Gasteiger partial charge in [-0.25, -0.2) is 15.3 Å². The summed E-state index contributed by atoms with van der Waals surface area (Å²) in [6, 6.07) is 6.28. The first-order valence-electron chi connectivity index (χ1n) is 13.2. The van der Waals surface area contributed by atoms with Crippen LogP contribution in [0.2, 0.25) is 0 Å². The van der Waals surface area contributed by atoms with Gasteiger partial charge in [0.1, 0.15) is 0 Å². The first-order chi connectivity index (χ1) is 19.1. The zero-order valence-electron chi connectivity index (χ0n) is 25.5. The minimum atomic E-state index is -1.26. The molecule has 0 bridgehead atoms. The Labute approximate surface area is 252 Å². The monoisotopic (exact) mass is 650 g/mol. The van der Waals surface area contributed by atoms with E-state index in [9.17, 15) is 0 Å². The van der Waals surface area contributed by atoms with Crippen molar-refractivity contribution >= 4 is 20.9 Å². The molecule has 0 aliphatic heterocycles. The summed E-state index contributed by atoms with van der Waals surface area (Å²) in [6.07, 6.45) is 0. The van der Waals surface area contributed by atoms with Crippen LogP contribution in [0.15, 0.2) is 18.2 Å². The van der Waals surface area contributed by atoms with Crippen LogP contribution in [0.1, 0.15) is 61.9 Å². The van der Waals surface area contributed by atoms with Gasteiger partial charge in [-0.15, -0.1) is 0 Å². The summed E-state index contributed by atoms with van der Waals surface area (Å²) in [4.78, 5) is 4.82. The van der Waals surface area contributed by atoms with Gasteiger partial charge in [-0.05, 0) is 76.8 Å². The summed E-state index contributed by atoms with van der Waals surface area (Å²) in [5.41, 5.74) is 7.80. The normalized spacial score (nSPS) is 10.3. The average molecular weight is 648 g/mol. The quantitative estimate of drug-likeness (QED) is 0.152.